The van der Waals surface area contributed by atoms with Gasteiger partial charge in [0, 0.05) is 51.1 Å². The first kappa shape index (κ1) is 15.3. The monoisotopic (exact) mass is 332 g/mol. The fraction of sp³-hybridized carbons (Fsp3) is 0.929. The summed E-state index contributed by atoms with van der Waals surface area (Å²) in [5.74, 6) is 0.331. The molecule has 2 rings (SSSR count). The van der Waals surface area contributed by atoms with Gasteiger partial charge in [-0.05, 0) is 25.7 Å². The average molecular weight is 333 g/mol. The summed E-state index contributed by atoms with van der Waals surface area (Å²) in [5.41, 5.74) is 0. The highest BCUT2D eigenvalue weighted by molar-refractivity contribution is 9.09. The molecule has 2 heterocycles. The number of hydrogen-bond acceptors (Lipinski definition) is 3. The van der Waals surface area contributed by atoms with Crippen molar-refractivity contribution in [1.82, 2.24) is 9.80 Å². The van der Waals surface area contributed by atoms with Crippen molar-refractivity contribution in [3.63, 3.8) is 0 Å². The third-order valence-electron chi connectivity index (χ3n) is 3.99. The molecule has 4 nitrogen and oxygen atoms in total. The van der Waals surface area contributed by atoms with E-state index in [1.165, 1.54) is 12.8 Å². The van der Waals surface area contributed by atoms with Crippen LogP contribution in [0.15, 0.2) is 0 Å². The highest BCUT2D eigenvalue weighted by Gasteiger charge is 2.24. The summed E-state index contributed by atoms with van der Waals surface area (Å²) in [4.78, 5) is 16.5. The third-order valence-corrected chi connectivity index (χ3v) is 4.55. The van der Waals surface area contributed by atoms with Crippen LogP contribution in [0.25, 0.3) is 0 Å². The number of piperazine rings is 1. The fourth-order valence-corrected chi connectivity index (χ4v) is 3.18. The normalized spacial score (nSPS) is 24.9. The summed E-state index contributed by atoms with van der Waals surface area (Å²) >= 11 is 3.40. The van der Waals surface area contributed by atoms with Gasteiger partial charge in [-0.3, -0.25) is 9.69 Å². The van der Waals surface area contributed by atoms with Crippen molar-refractivity contribution in [2.24, 2.45) is 0 Å². The van der Waals surface area contributed by atoms with Gasteiger partial charge in [-0.15, -0.1) is 0 Å². The Morgan fingerprint density at radius 2 is 2.00 bits per heavy atom. The second-order valence-corrected chi connectivity index (χ2v) is 6.26. The number of rotatable bonds is 6. The quantitative estimate of drug-likeness (QED) is 0.550. The molecular weight excluding hydrogens is 308 g/mol. The zero-order valence-corrected chi connectivity index (χ0v) is 13.2. The molecule has 0 aromatic heterocycles. The van der Waals surface area contributed by atoms with Gasteiger partial charge in [0.05, 0.1) is 6.10 Å². The van der Waals surface area contributed by atoms with E-state index in [2.05, 4.69) is 20.8 Å². The predicted octanol–water partition coefficient (Wildman–Crippen LogP) is 1.87. The number of hydrogen-bond donors (Lipinski definition) is 0. The molecule has 0 aliphatic carbocycles. The summed E-state index contributed by atoms with van der Waals surface area (Å²) in [6.45, 7) is 5.76. The lowest BCUT2D eigenvalue weighted by atomic mass is 10.2. The number of nitrogens with zero attached hydrogens (tertiary/aromatic N) is 2. The van der Waals surface area contributed by atoms with E-state index in [0.29, 0.717) is 18.4 Å². The average Bonchev–Trinajstić information content (AvgIpc) is 2.93. The minimum absolute atomic E-state index is 0.331. The van der Waals surface area contributed by atoms with Gasteiger partial charge < -0.3 is 9.64 Å². The molecule has 2 fully saturated rings. The Kier molecular flexibility index (Phi) is 6.61. The Morgan fingerprint density at radius 1 is 1.21 bits per heavy atom. The maximum atomic E-state index is 12.0. The van der Waals surface area contributed by atoms with Crippen LogP contribution in [0.1, 0.15) is 32.1 Å². The molecule has 0 N–H and O–H groups in total. The van der Waals surface area contributed by atoms with Gasteiger partial charge in [-0.1, -0.05) is 15.9 Å². The molecule has 1 amide bonds. The Morgan fingerprint density at radius 3 is 2.63 bits per heavy atom. The topological polar surface area (TPSA) is 32.8 Å². The zero-order valence-electron chi connectivity index (χ0n) is 11.7. The lowest BCUT2D eigenvalue weighted by Crippen LogP contribution is -2.50. The van der Waals surface area contributed by atoms with Gasteiger partial charge in [0.15, 0.2) is 0 Å². The van der Waals surface area contributed by atoms with E-state index in [1.807, 2.05) is 4.90 Å². The molecule has 0 bridgehead atoms. The molecule has 0 saturated carbocycles. The van der Waals surface area contributed by atoms with E-state index in [1.54, 1.807) is 0 Å². The molecule has 5 heteroatoms. The SMILES string of the molecule is O=C(CCCCBr)N1CCN(CC2CCCO2)CC1. The van der Waals surface area contributed by atoms with Crippen molar-refractivity contribution < 1.29 is 9.53 Å². The summed E-state index contributed by atoms with van der Waals surface area (Å²) in [6, 6.07) is 0. The molecule has 1 unspecified atom stereocenters. The van der Waals surface area contributed by atoms with Crippen LogP contribution in [-0.4, -0.2) is 66.5 Å². The lowest BCUT2D eigenvalue weighted by molar-refractivity contribution is -0.133. The molecule has 2 aliphatic rings. The van der Waals surface area contributed by atoms with Crippen molar-refractivity contribution in [2.75, 3.05) is 44.7 Å². The van der Waals surface area contributed by atoms with Gasteiger partial charge in [0.2, 0.25) is 5.91 Å². The van der Waals surface area contributed by atoms with E-state index in [4.69, 9.17) is 4.74 Å². The van der Waals surface area contributed by atoms with Crippen LogP contribution in [0, 0.1) is 0 Å². The van der Waals surface area contributed by atoms with Crippen LogP contribution >= 0.6 is 15.9 Å². The van der Waals surface area contributed by atoms with E-state index in [9.17, 15) is 4.79 Å². The Bertz CT molecular complexity index is 275. The number of amides is 1. The molecule has 110 valence electrons. The number of carbonyl (C=O) groups excluding carboxylic acids is 1. The lowest BCUT2D eigenvalue weighted by Gasteiger charge is -2.35. The maximum absolute atomic E-state index is 12.0. The molecule has 0 spiro atoms. The van der Waals surface area contributed by atoms with Crippen LogP contribution in [0.2, 0.25) is 0 Å². The van der Waals surface area contributed by atoms with Crippen LogP contribution in [0.5, 0.6) is 0 Å². The first-order valence-electron chi connectivity index (χ1n) is 7.47. The van der Waals surface area contributed by atoms with Crippen molar-refractivity contribution in [2.45, 2.75) is 38.2 Å². The Labute approximate surface area is 124 Å². The van der Waals surface area contributed by atoms with Gasteiger partial charge in [0.25, 0.3) is 0 Å². The summed E-state index contributed by atoms with van der Waals surface area (Å²) in [5, 5.41) is 0.995. The second kappa shape index (κ2) is 8.22. The van der Waals surface area contributed by atoms with E-state index < -0.39 is 0 Å². The third kappa shape index (κ3) is 5.04. The van der Waals surface area contributed by atoms with E-state index >= 15 is 0 Å². The molecule has 0 aromatic rings. The highest BCUT2D eigenvalue weighted by atomic mass is 79.9. The van der Waals surface area contributed by atoms with Gasteiger partial charge >= 0.3 is 0 Å². The molecule has 2 saturated heterocycles. The van der Waals surface area contributed by atoms with Gasteiger partial charge in [-0.25, -0.2) is 0 Å². The van der Waals surface area contributed by atoms with Crippen LogP contribution < -0.4 is 0 Å². The summed E-state index contributed by atoms with van der Waals surface area (Å²) in [6.07, 6.45) is 5.63. The number of alkyl halides is 1. The zero-order chi connectivity index (χ0) is 13.5. The van der Waals surface area contributed by atoms with Crippen molar-refractivity contribution in [3.05, 3.63) is 0 Å². The number of unbranched alkanes of at least 4 members (excludes halogenated alkanes) is 1. The van der Waals surface area contributed by atoms with Crippen LogP contribution in [0.3, 0.4) is 0 Å². The Hall–Kier alpha value is -0.130. The van der Waals surface area contributed by atoms with Crippen LogP contribution in [0.4, 0.5) is 0 Å². The number of ether oxygens (including phenoxy) is 1. The molecule has 0 radical (unpaired) electrons. The van der Waals surface area contributed by atoms with Crippen LogP contribution in [-0.2, 0) is 9.53 Å². The molecule has 0 aromatic carbocycles. The van der Waals surface area contributed by atoms with Gasteiger partial charge in [-0.2, -0.15) is 0 Å². The van der Waals surface area contributed by atoms with Crippen molar-refractivity contribution >= 4 is 21.8 Å². The number of halogens is 1. The van der Waals surface area contributed by atoms with E-state index in [0.717, 1.165) is 57.5 Å². The van der Waals surface area contributed by atoms with E-state index in [-0.39, 0.29) is 0 Å². The largest absolute Gasteiger partial charge is 0.377 e. The summed E-state index contributed by atoms with van der Waals surface area (Å²) < 4.78 is 5.67. The standard InChI is InChI=1S/C14H25BrN2O2/c15-6-2-1-5-14(18)17-9-7-16(8-10-17)12-13-4-3-11-19-13/h13H,1-12H2. The molecule has 19 heavy (non-hydrogen) atoms. The Balaban J connectivity index is 1.62. The van der Waals surface area contributed by atoms with Crippen molar-refractivity contribution in [3.8, 4) is 0 Å². The highest BCUT2D eigenvalue weighted by Crippen LogP contribution is 2.15. The minimum atomic E-state index is 0.331. The first-order chi connectivity index (χ1) is 9.29. The van der Waals surface area contributed by atoms with Crippen molar-refractivity contribution in [1.29, 1.82) is 0 Å². The smallest absolute Gasteiger partial charge is 0.222 e. The second-order valence-electron chi connectivity index (χ2n) is 5.46. The summed E-state index contributed by atoms with van der Waals surface area (Å²) in [7, 11) is 0. The predicted molar refractivity (Wildman–Crippen MR) is 79.6 cm³/mol. The molecule has 1 atom stereocenters. The fourth-order valence-electron chi connectivity index (χ4n) is 2.78. The minimum Gasteiger partial charge on any atom is -0.377 e. The number of carbonyl (C=O) groups is 1. The van der Waals surface area contributed by atoms with Gasteiger partial charge in [0.1, 0.15) is 0 Å². The maximum Gasteiger partial charge on any atom is 0.222 e. The molecular formula is C14H25BrN2O2. The molecule has 2 aliphatic heterocycles. The first-order valence-corrected chi connectivity index (χ1v) is 8.59.